The van der Waals surface area contributed by atoms with Gasteiger partial charge in [-0.1, -0.05) is 13.0 Å². The molecule has 1 aliphatic rings. The van der Waals surface area contributed by atoms with Crippen molar-refractivity contribution >= 4 is 0 Å². The molecule has 1 atom stereocenters. The van der Waals surface area contributed by atoms with E-state index in [4.69, 9.17) is 0 Å². The molecule has 1 aliphatic carbocycles. The van der Waals surface area contributed by atoms with Crippen molar-refractivity contribution in [1.29, 1.82) is 0 Å². The normalized spacial score (nSPS) is 30.7. The van der Waals surface area contributed by atoms with E-state index in [1.54, 1.807) is 0 Å². The van der Waals surface area contributed by atoms with Crippen molar-refractivity contribution in [2.45, 2.75) is 26.2 Å². The zero-order valence-corrected chi connectivity index (χ0v) is 4.78. The number of hydrogen-bond donors (Lipinski definition) is 0. The lowest BCUT2D eigenvalue weighted by molar-refractivity contribution is 0.577. The maximum Gasteiger partial charge on any atom is -0.0256 e. The molecule has 0 nitrogen and oxygen atoms in total. The first kappa shape index (κ1) is 4.89. The number of allylic oxidation sites excluding steroid dienone is 2. The molecule has 7 heavy (non-hydrogen) atoms. The Hall–Kier alpha value is -0.260. The van der Waals surface area contributed by atoms with E-state index in [1.165, 1.54) is 19.3 Å². The van der Waals surface area contributed by atoms with E-state index >= 15 is 0 Å². The fraction of sp³-hybridized carbons (Fsp3) is 0.714. The van der Waals surface area contributed by atoms with E-state index in [0.29, 0.717) is 0 Å². The van der Waals surface area contributed by atoms with Crippen molar-refractivity contribution in [3.63, 3.8) is 0 Å². The minimum absolute atomic E-state index is 0.800. The maximum atomic E-state index is 3.21. The highest BCUT2D eigenvalue weighted by atomic mass is 14.0. The molecule has 1 unspecified atom stereocenters. The van der Waals surface area contributed by atoms with E-state index in [1.807, 2.05) is 0 Å². The lowest BCUT2D eigenvalue weighted by atomic mass is 9.98. The average molecular weight is 95.2 g/mol. The van der Waals surface area contributed by atoms with Gasteiger partial charge < -0.3 is 0 Å². The molecule has 0 aromatic heterocycles. The second kappa shape index (κ2) is 2.15. The summed E-state index contributed by atoms with van der Waals surface area (Å²) in [6.07, 6.45) is 9.29. The quantitative estimate of drug-likeness (QED) is 0.432. The van der Waals surface area contributed by atoms with Gasteiger partial charge in [-0.3, -0.25) is 0 Å². The molecule has 0 saturated carbocycles. The highest BCUT2D eigenvalue weighted by Gasteiger charge is 1.99. The summed E-state index contributed by atoms with van der Waals surface area (Å²) in [6, 6.07) is 0. The van der Waals surface area contributed by atoms with Crippen molar-refractivity contribution < 1.29 is 0 Å². The Balaban J connectivity index is 2.36. The Labute approximate surface area is 45.2 Å². The summed E-state index contributed by atoms with van der Waals surface area (Å²) in [7, 11) is 0. The van der Waals surface area contributed by atoms with Gasteiger partial charge in [0, 0.05) is 0 Å². The highest BCUT2D eigenvalue weighted by Crippen LogP contribution is 2.14. The standard InChI is InChI=1S/C7H11/c1-7-5-3-2-4-6-7/h6-7H,2-3,5H2,1H3. The Morgan fingerprint density at radius 2 is 2.57 bits per heavy atom. The van der Waals surface area contributed by atoms with E-state index in [9.17, 15) is 0 Å². The summed E-state index contributed by atoms with van der Waals surface area (Å²) < 4.78 is 0. The summed E-state index contributed by atoms with van der Waals surface area (Å²) in [5.41, 5.74) is 0. The van der Waals surface area contributed by atoms with E-state index in [-0.39, 0.29) is 0 Å². The van der Waals surface area contributed by atoms with Crippen LogP contribution in [-0.4, -0.2) is 0 Å². The van der Waals surface area contributed by atoms with Crippen LogP contribution in [0.2, 0.25) is 0 Å². The summed E-state index contributed by atoms with van der Waals surface area (Å²) in [4.78, 5) is 0. The van der Waals surface area contributed by atoms with Crippen LogP contribution in [-0.2, 0) is 0 Å². The second-order valence-corrected chi connectivity index (χ2v) is 2.24. The molecule has 0 aromatic rings. The molecule has 0 fully saturated rings. The van der Waals surface area contributed by atoms with Crippen LogP contribution < -0.4 is 0 Å². The van der Waals surface area contributed by atoms with Gasteiger partial charge >= 0.3 is 0 Å². The molecule has 0 spiro atoms. The Kier molecular flexibility index (Phi) is 1.50. The SMILES string of the molecule is CC1C=[C]CCC1. The molecule has 0 heterocycles. The van der Waals surface area contributed by atoms with Crippen LogP contribution in [0.3, 0.4) is 0 Å². The molecule has 0 amide bonds. The fourth-order valence-corrected chi connectivity index (χ4v) is 0.894. The topological polar surface area (TPSA) is 0 Å². The lowest BCUT2D eigenvalue weighted by Gasteiger charge is -2.07. The van der Waals surface area contributed by atoms with Crippen LogP contribution in [0.1, 0.15) is 26.2 Å². The molecule has 1 radical (unpaired) electrons. The predicted molar refractivity (Wildman–Crippen MR) is 30.8 cm³/mol. The minimum atomic E-state index is 0.800. The van der Waals surface area contributed by atoms with Crippen molar-refractivity contribution in [3.8, 4) is 0 Å². The first-order chi connectivity index (χ1) is 3.39. The minimum Gasteiger partial charge on any atom is -0.0782 e. The summed E-state index contributed by atoms with van der Waals surface area (Å²) in [5.74, 6) is 0.800. The molecule has 39 valence electrons. The van der Waals surface area contributed by atoms with Crippen LogP contribution in [0.5, 0.6) is 0 Å². The van der Waals surface area contributed by atoms with Gasteiger partial charge in [-0.2, -0.15) is 0 Å². The Morgan fingerprint density at radius 1 is 1.71 bits per heavy atom. The first-order valence-electron chi connectivity index (χ1n) is 2.96. The van der Waals surface area contributed by atoms with Gasteiger partial charge in [-0.25, -0.2) is 0 Å². The zero-order valence-electron chi connectivity index (χ0n) is 4.78. The summed E-state index contributed by atoms with van der Waals surface area (Å²) >= 11 is 0. The monoisotopic (exact) mass is 95.1 g/mol. The Morgan fingerprint density at radius 3 is 2.86 bits per heavy atom. The van der Waals surface area contributed by atoms with Gasteiger partial charge in [0.15, 0.2) is 0 Å². The predicted octanol–water partition coefficient (Wildman–Crippen LogP) is 2.17. The second-order valence-electron chi connectivity index (χ2n) is 2.24. The lowest BCUT2D eigenvalue weighted by Crippen LogP contribution is -1.93. The van der Waals surface area contributed by atoms with Crippen molar-refractivity contribution in [2.24, 2.45) is 5.92 Å². The van der Waals surface area contributed by atoms with Gasteiger partial charge in [0.1, 0.15) is 0 Å². The van der Waals surface area contributed by atoms with Gasteiger partial charge in [-0.05, 0) is 31.3 Å². The third-order valence-corrected chi connectivity index (χ3v) is 1.38. The van der Waals surface area contributed by atoms with Crippen LogP contribution in [0, 0.1) is 12.0 Å². The van der Waals surface area contributed by atoms with Crippen LogP contribution in [0.15, 0.2) is 6.08 Å². The molecule has 0 bridgehead atoms. The average Bonchev–Trinajstić information content (AvgIpc) is 1.69. The van der Waals surface area contributed by atoms with Crippen molar-refractivity contribution in [3.05, 3.63) is 12.2 Å². The van der Waals surface area contributed by atoms with Gasteiger partial charge in [0.25, 0.3) is 0 Å². The molecule has 0 saturated heterocycles. The maximum absolute atomic E-state index is 3.21. The number of rotatable bonds is 0. The van der Waals surface area contributed by atoms with Crippen molar-refractivity contribution in [1.82, 2.24) is 0 Å². The first-order valence-corrected chi connectivity index (χ1v) is 2.96. The fourth-order valence-electron chi connectivity index (χ4n) is 0.894. The van der Waals surface area contributed by atoms with Gasteiger partial charge in [-0.15, -0.1) is 0 Å². The number of hydrogen-bond acceptors (Lipinski definition) is 0. The molecular formula is C7H11. The van der Waals surface area contributed by atoms with E-state index < -0.39 is 0 Å². The van der Waals surface area contributed by atoms with Gasteiger partial charge in [0.05, 0.1) is 0 Å². The zero-order chi connectivity index (χ0) is 5.11. The molecular weight excluding hydrogens is 84.1 g/mol. The summed E-state index contributed by atoms with van der Waals surface area (Å²) in [5, 5.41) is 0. The van der Waals surface area contributed by atoms with E-state index in [2.05, 4.69) is 19.1 Å². The molecule has 0 N–H and O–H groups in total. The third-order valence-electron chi connectivity index (χ3n) is 1.38. The van der Waals surface area contributed by atoms with Crippen LogP contribution >= 0.6 is 0 Å². The summed E-state index contributed by atoms with van der Waals surface area (Å²) in [6.45, 7) is 2.24. The van der Waals surface area contributed by atoms with E-state index in [0.717, 1.165) is 5.92 Å². The van der Waals surface area contributed by atoms with Crippen LogP contribution in [0.4, 0.5) is 0 Å². The molecule has 1 rings (SSSR count). The molecule has 0 heteroatoms. The largest absolute Gasteiger partial charge is 0.0782 e. The highest BCUT2D eigenvalue weighted by molar-refractivity contribution is 4.84. The van der Waals surface area contributed by atoms with Crippen LogP contribution in [0.25, 0.3) is 0 Å². The smallest absolute Gasteiger partial charge is 0.0256 e. The molecule has 0 aromatic carbocycles. The molecule has 0 aliphatic heterocycles. The Bertz CT molecular complexity index is 72.1. The third kappa shape index (κ3) is 1.34. The van der Waals surface area contributed by atoms with Gasteiger partial charge in [0.2, 0.25) is 0 Å². The van der Waals surface area contributed by atoms with Crippen molar-refractivity contribution in [2.75, 3.05) is 0 Å².